The molecule has 0 amide bonds. The molecule has 0 bridgehead atoms. The van der Waals surface area contributed by atoms with Crippen molar-refractivity contribution >= 4 is 100 Å². The van der Waals surface area contributed by atoms with Gasteiger partial charge >= 0.3 is 23.1 Å². The third-order valence-corrected chi connectivity index (χ3v) is 8.25. The molecule has 0 aliphatic heterocycles. The first-order valence-electron chi connectivity index (χ1n) is 12.1. The van der Waals surface area contributed by atoms with Gasteiger partial charge < -0.3 is 28.6 Å². The number of carbonyl (C=O) groups excluding carboxylic acids is 2. The zero-order valence-electron chi connectivity index (χ0n) is 22.5. The number of benzene rings is 4. The van der Waals surface area contributed by atoms with Gasteiger partial charge in [-0.15, -0.1) is 0 Å². The molecule has 0 aliphatic carbocycles. The quantitative estimate of drug-likeness (QED) is 0.207. The van der Waals surface area contributed by atoms with E-state index in [0.717, 1.165) is 0 Å². The smallest absolute Gasteiger partial charge is 0.545 e. The topological polar surface area (TPSA) is 175 Å². The molecule has 0 spiro atoms. The van der Waals surface area contributed by atoms with Gasteiger partial charge in [-0.25, -0.2) is 0 Å². The van der Waals surface area contributed by atoms with E-state index in [0.29, 0.717) is 31.7 Å². The maximum atomic E-state index is 12.4. The van der Waals surface area contributed by atoms with E-state index in [1.54, 1.807) is 24.3 Å². The zero-order chi connectivity index (χ0) is 30.3. The third-order valence-electron chi connectivity index (χ3n) is 6.42. The molecule has 0 fully saturated rings. The Kier molecular flexibility index (Phi) is 9.30. The van der Waals surface area contributed by atoms with Crippen LogP contribution >= 0.6 is 0 Å². The minimum Gasteiger partial charge on any atom is -0.545 e. The second-order valence-corrected chi connectivity index (χ2v) is 11.8. The second kappa shape index (κ2) is 12.6. The van der Waals surface area contributed by atoms with Crippen molar-refractivity contribution in [1.29, 1.82) is 0 Å². The maximum absolute atomic E-state index is 12.4. The predicted octanol–water partition coefficient (Wildman–Crippen LogP) is 1.71. The summed E-state index contributed by atoms with van der Waals surface area (Å²) in [5.41, 5.74) is 0.363. The van der Waals surface area contributed by atoms with Gasteiger partial charge in [-0.1, -0.05) is 0 Å². The summed E-state index contributed by atoms with van der Waals surface area (Å²) >= 11 is 0. The fourth-order valence-corrected chi connectivity index (χ4v) is 5.35. The van der Waals surface area contributed by atoms with E-state index in [1.807, 2.05) is 0 Å². The predicted molar refractivity (Wildman–Crippen MR) is 159 cm³/mol. The van der Waals surface area contributed by atoms with Crippen molar-refractivity contribution in [2.24, 2.45) is 0 Å². The van der Waals surface area contributed by atoms with Crippen molar-refractivity contribution in [3.8, 4) is 0 Å². The summed E-state index contributed by atoms with van der Waals surface area (Å²) in [7, 11) is -2.37. The number of rotatable bonds is 4. The number of hydrogen-bond acceptors (Lipinski definition) is 10. The van der Waals surface area contributed by atoms with Gasteiger partial charge in [-0.2, -0.15) is 0 Å². The van der Waals surface area contributed by atoms with E-state index in [2.05, 4.69) is 0 Å². The molecular formula is C30H18MgO10S2. The maximum Gasteiger partial charge on any atom is 2.00 e. The first-order valence-corrected chi connectivity index (χ1v) is 15.2. The summed E-state index contributed by atoms with van der Waals surface area (Å²) in [6, 6.07) is 17.3. The van der Waals surface area contributed by atoms with Crippen molar-refractivity contribution in [1.82, 2.24) is 0 Å². The minimum atomic E-state index is -1.35. The fourth-order valence-electron chi connectivity index (χ4n) is 4.28. The zero-order valence-corrected chi connectivity index (χ0v) is 25.6. The largest absolute Gasteiger partial charge is 2.00 e. The molecule has 10 nitrogen and oxygen atoms in total. The molecule has 2 atom stereocenters. The van der Waals surface area contributed by atoms with E-state index in [9.17, 15) is 37.8 Å². The van der Waals surface area contributed by atoms with Crippen LogP contribution in [-0.2, 0) is 21.6 Å². The van der Waals surface area contributed by atoms with E-state index < -0.39 is 33.5 Å². The number of hydrogen-bond donors (Lipinski definition) is 0. The van der Waals surface area contributed by atoms with Crippen molar-refractivity contribution < 1.29 is 37.1 Å². The average Bonchev–Trinajstić information content (AvgIpc) is 2.96. The summed E-state index contributed by atoms with van der Waals surface area (Å²) < 4.78 is 34.2. The van der Waals surface area contributed by atoms with Crippen molar-refractivity contribution in [2.45, 2.75) is 9.79 Å². The molecule has 6 aromatic rings. The van der Waals surface area contributed by atoms with Crippen molar-refractivity contribution in [2.75, 3.05) is 12.5 Å². The average molecular weight is 627 g/mol. The Hall–Kier alpha value is -4.17. The summed E-state index contributed by atoms with van der Waals surface area (Å²) in [5, 5.41) is 22.7. The van der Waals surface area contributed by atoms with Crippen LogP contribution in [0.4, 0.5) is 0 Å². The molecule has 6 rings (SSSR count). The summed E-state index contributed by atoms with van der Waals surface area (Å²) in [5.74, 6) is -2.71. The number of fused-ring (bicyclic) bond motifs is 4. The van der Waals surface area contributed by atoms with E-state index in [1.165, 1.54) is 61.0 Å². The van der Waals surface area contributed by atoms with Gasteiger partial charge in [0.15, 0.2) is 0 Å². The molecule has 13 heteroatoms. The van der Waals surface area contributed by atoms with Gasteiger partial charge in [0.25, 0.3) is 0 Å². The summed E-state index contributed by atoms with van der Waals surface area (Å²) in [4.78, 5) is 47.6. The normalized spacial score (nSPS) is 12.3. The van der Waals surface area contributed by atoms with Gasteiger partial charge in [0, 0.05) is 43.9 Å². The van der Waals surface area contributed by atoms with Crippen LogP contribution in [0.2, 0.25) is 0 Å². The molecule has 212 valence electrons. The Bertz CT molecular complexity index is 2110. The van der Waals surface area contributed by atoms with Crippen LogP contribution in [0.25, 0.3) is 43.9 Å². The van der Waals surface area contributed by atoms with E-state index in [4.69, 9.17) is 8.83 Å². The number of carboxylic acid groups (broad SMARTS) is 2. The third kappa shape index (κ3) is 6.29. The Morgan fingerprint density at radius 3 is 1.26 bits per heavy atom. The molecule has 2 aromatic heterocycles. The SMILES string of the molecule is CS(=O)c1ccc2c(=O)c3cc(C(=O)[O-])ccc3oc2c1.CS(=O)c1ccc2c(=O)c3cc(C(=O)[O-])ccc3oc2c1.[Mg+2]. The molecule has 0 N–H and O–H groups in total. The van der Waals surface area contributed by atoms with Crippen LogP contribution in [0.3, 0.4) is 0 Å². The number of aromatic carboxylic acids is 2. The minimum absolute atomic E-state index is 0. The fraction of sp³-hybridized carbons (Fsp3) is 0.0667. The number of carboxylic acids is 2. The van der Waals surface area contributed by atoms with Gasteiger partial charge in [-0.3, -0.25) is 18.0 Å². The Labute approximate surface area is 263 Å². The van der Waals surface area contributed by atoms with Gasteiger partial charge in [0.05, 0.1) is 33.5 Å². The van der Waals surface area contributed by atoms with Crippen LogP contribution in [0.1, 0.15) is 20.7 Å². The first kappa shape index (κ1) is 31.8. The molecule has 4 aromatic carbocycles. The first-order chi connectivity index (χ1) is 19.9. The summed E-state index contributed by atoms with van der Waals surface area (Å²) in [6.45, 7) is 0. The van der Waals surface area contributed by atoms with Crippen molar-refractivity contribution in [3.63, 3.8) is 0 Å². The van der Waals surface area contributed by atoms with E-state index >= 15 is 0 Å². The molecule has 43 heavy (non-hydrogen) atoms. The van der Waals surface area contributed by atoms with Crippen LogP contribution < -0.4 is 21.1 Å². The van der Waals surface area contributed by atoms with Crippen LogP contribution in [0, 0.1) is 0 Å². The molecule has 0 aliphatic rings. The second-order valence-electron chi connectivity index (χ2n) is 9.08. The molecule has 0 saturated carbocycles. The molecule has 0 saturated heterocycles. The van der Waals surface area contributed by atoms with Gasteiger partial charge in [0.1, 0.15) is 22.3 Å². The van der Waals surface area contributed by atoms with Gasteiger partial charge in [-0.05, 0) is 83.9 Å². The van der Waals surface area contributed by atoms with Gasteiger partial charge in [0.2, 0.25) is 10.9 Å². The Morgan fingerprint density at radius 1 is 0.558 bits per heavy atom. The van der Waals surface area contributed by atoms with E-state index in [-0.39, 0.29) is 67.0 Å². The van der Waals surface area contributed by atoms with Crippen LogP contribution in [-0.4, -0.2) is 55.9 Å². The monoisotopic (exact) mass is 626 g/mol. The van der Waals surface area contributed by atoms with Crippen LogP contribution in [0.5, 0.6) is 0 Å². The molecular weight excluding hydrogens is 609 g/mol. The molecule has 2 unspecified atom stereocenters. The van der Waals surface area contributed by atoms with Crippen LogP contribution in [0.15, 0.2) is 101 Å². The number of carbonyl (C=O) groups is 2. The summed E-state index contributed by atoms with van der Waals surface area (Å²) in [6.07, 6.45) is 3.07. The van der Waals surface area contributed by atoms with Crippen molar-refractivity contribution in [3.05, 3.63) is 104 Å². The Balaban J connectivity index is 0.000000192. The molecule has 2 heterocycles. The molecule has 0 radical (unpaired) electrons. The Morgan fingerprint density at radius 2 is 0.930 bits per heavy atom. The standard InChI is InChI=1S/2C15H10O5S.Mg/c2*1-21(19)9-3-4-10-13(7-9)20-12-5-2-8(15(17)18)6-11(12)14(10)16;/h2*2-7H,1H3,(H,17,18);/q;;+2/p-2.